The summed E-state index contributed by atoms with van der Waals surface area (Å²) in [4.78, 5) is 16.6. The molecule has 0 radical (unpaired) electrons. The van der Waals surface area contributed by atoms with E-state index in [-0.39, 0.29) is 5.78 Å². The van der Waals surface area contributed by atoms with Gasteiger partial charge in [0.2, 0.25) is 0 Å². The van der Waals surface area contributed by atoms with Crippen molar-refractivity contribution in [2.24, 2.45) is 0 Å². The zero-order valence-corrected chi connectivity index (χ0v) is 11.4. The zero-order valence-electron chi connectivity index (χ0n) is 11.4. The van der Waals surface area contributed by atoms with E-state index in [0.29, 0.717) is 12.6 Å². The lowest BCUT2D eigenvalue weighted by Crippen LogP contribution is -2.22. The van der Waals surface area contributed by atoms with Crippen LogP contribution in [0.3, 0.4) is 0 Å². The number of imidazole rings is 1. The first kappa shape index (κ1) is 12.4. The zero-order chi connectivity index (χ0) is 13.4. The van der Waals surface area contributed by atoms with Crippen LogP contribution in [0.25, 0.3) is 11.0 Å². The molecule has 0 amide bonds. The molecule has 4 heteroatoms. The van der Waals surface area contributed by atoms with Crippen LogP contribution in [0.5, 0.6) is 0 Å². The second kappa shape index (κ2) is 4.78. The van der Waals surface area contributed by atoms with Gasteiger partial charge in [0.05, 0.1) is 17.6 Å². The van der Waals surface area contributed by atoms with E-state index in [2.05, 4.69) is 14.9 Å². The lowest BCUT2D eigenvalue weighted by Gasteiger charge is -2.05. The molecule has 0 saturated heterocycles. The van der Waals surface area contributed by atoms with Gasteiger partial charge in [0.15, 0.2) is 5.78 Å². The largest absolute Gasteiger partial charge is 0.325 e. The summed E-state index contributed by atoms with van der Waals surface area (Å²) in [6, 6.07) is 6.49. The number of hydrogen-bond donors (Lipinski definition) is 1. The third-order valence-corrected chi connectivity index (χ3v) is 3.64. The summed E-state index contributed by atoms with van der Waals surface area (Å²) in [5.74, 6) is 1.18. The van der Waals surface area contributed by atoms with Crippen LogP contribution >= 0.6 is 0 Å². The second-order valence-electron chi connectivity index (χ2n) is 5.17. The molecule has 100 valence electrons. The summed E-state index contributed by atoms with van der Waals surface area (Å²) in [6.45, 7) is 5.24. The summed E-state index contributed by atoms with van der Waals surface area (Å²) < 4.78 is 2.30. The third-order valence-electron chi connectivity index (χ3n) is 3.64. The lowest BCUT2D eigenvalue weighted by atomic mass is 10.1. The van der Waals surface area contributed by atoms with Gasteiger partial charge in [0, 0.05) is 11.6 Å². The summed E-state index contributed by atoms with van der Waals surface area (Å²) in [5.41, 5.74) is 2.83. The predicted molar refractivity (Wildman–Crippen MR) is 75.6 cm³/mol. The maximum Gasteiger partial charge on any atom is 0.176 e. The highest BCUT2D eigenvalue weighted by molar-refractivity contribution is 6.00. The summed E-state index contributed by atoms with van der Waals surface area (Å²) >= 11 is 0. The molecule has 1 fully saturated rings. The van der Waals surface area contributed by atoms with Gasteiger partial charge in [-0.15, -0.1) is 0 Å². The Morgan fingerprint density at radius 1 is 1.47 bits per heavy atom. The van der Waals surface area contributed by atoms with E-state index in [1.54, 1.807) is 0 Å². The van der Waals surface area contributed by atoms with Crippen molar-refractivity contribution in [3.05, 3.63) is 29.6 Å². The number of carbonyl (C=O) groups is 1. The molecular weight excluding hydrogens is 238 g/mol. The van der Waals surface area contributed by atoms with Gasteiger partial charge in [-0.1, -0.05) is 6.92 Å². The Hall–Kier alpha value is -1.68. The van der Waals surface area contributed by atoms with Crippen LogP contribution in [0.4, 0.5) is 0 Å². The van der Waals surface area contributed by atoms with E-state index in [9.17, 15) is 4.79 Å². The van der Waals surface area contributed by atoms with Crippen LogP contribution in [-0.4, -0.2) is 28.4 Å². The third kappa shape index (κ3) is 2.28. The number of aromatic nitrogens is 2. The average Bonchev–Trinajstić information content (AvgIpc) is 3.17. The Balaban J connectivity index is 1.95. The molecule has 3 rings (SSSR count). The van der Waals surface area contributed by atoms with Crippen LogP contribution in [-0.2, 0) is 0 Å². The fraction of sp³-hybridized carbons (Fsp3) is 0.467. The number of fused-ring (bicyclic) bond motifs is 1. The van der Waals surface area contributed by atoms with Gasteiger partial charge in [0.25, 0.3) is 0 Å². The number of rotatable bonds is 5. The topological polar surface area (TPSA) is 46.9 Å². The van der Waals surface area contributed by atoms with Crippen molar-refractivity contribution in [3.8, 4) is 0 Å². The van der Waals surface area contributed by atoms with Crippen LogP contribution in [0.15, 0.2) is 18.2 Å². The molecule has 1 aromatic carbocycles. The summed E-state index contributed by atoms with van der Waals surface area (Å²) in [5, 5.41) is 3.06. The number of Topliss-reactive ketones (excluding diaryl/α,β-unsaturated/α-hetero) is 1. The minimum atomic E-state index is 0.127. The Morgan fingerprint density at radius 3 is 2.95 bits per heavy atom. The number of likely N-dealkylation sites (N-methyl/N-ethyl adjacent to an activating group) is 1. The minimum Gasteiger partial charge on any atom is -0.325 e. The van der Waals surface area contributed by atoms with Crippen LogP contribution in [0.2, 0.25) is 0 Å². The van der Waals surface area contributed by atoms with Gasteiger partial charge >= 0.3 is 0 Å². The highest BCUT2D eigenvalue weighted by Gasteiger charge is 2.27. The van der Waals surface area contributed by atoms with Crippen molar-refractivity contribution in [2.45, 2.75) is 32.7 Å². The van der Waals surface area contributed by atoms with Gasteiger partial charge in [-0.2, -0.15) is 0 Å². The summed E-state index contributed by atoms with van der Waals surface area (Å²) in [6.07, 6.45) is 2.49. The number of nitrogens with one attached hydrogen (secondary N) is 1. The smallest absolute Gasteiger partial charge is 0.176 e. The second-order valence-corrected chi connectivity index (χ2v) is 5.17. The van der Waals surface area contributed by atoms with Crippen molar-refractivity contribution >= 4 is 16.8 Å². The van der Waals surface area contributed by atoms with Crippen molar-refractivity contribution in [2.75, 3.05) is 13.1 Å². The van der Waals surface area contributed by atoms with Crippen molar-refractivity contribution in [1.29, 1.82) is 0 Å². The molecule has 1 aliphatic rings. The molecule has 1 heterocycles. The molecular formula is C15H19N3O. The van der Waals surface area contributed by atoms with E-state index < -0.39 is 0 Å². The average molecular weight is 257 g/mol. The number of nitrogens with zero attached hydrogens (tertiary/aromatic N) is 2. The fourth-order valence-electron chi connectivity index (χ4n) is 2.53. The number of hydrogen-bond acceptors (Lipinski definition) is 3. The van der Waals surface area contributed by atoms with Crippen LogP contribution < -0.4 is 5.32 Å². The lowest BCUT2D eigenvalue weighted by molar-refractivity contribution is 0.0992. The normalized spacial score (nSPS) is 15.1. The van der Waals surface area contributed by atoms with E-state index in [1.807, 2.05) is 32.0 Å². The van der Waals surface area contributed by atoms with E-state index in [4.69, 9.17) is 0 Å². The standard InChI is InChI=1S/C15H19N3O/c1-3-16-9-15(19)11-4-7-14-13(8-11)17-10(2)18(14)12-5-6-12/h4,7-8,12,16H,3,5-6,9H2,1-2H3. The number of carbonyl (C=O) groups excluding carboxylic acids is 1. The number of ketones is 1. The molecule has 4 nitrogen and oxygen atoms in total. The molecule has 0 atom stereocenters. The molecule has 0 aliphatic heterocycles. The SMILES string of the molecule is CCNCC(=O)c1ccc2c(c1)nc(C)n2C1CC1. The van der Waals surface area contributed by atoms with Crippen molar-refractivity contribution < 1.29 is 4.79 Å². The molecule has 0 bridgehead atoms. The first-order chi connectivity index (χ1) is 9.20. The Morgan fingerprint density at radius 2 is 2.26 bits per heavy atom. The molecule has 2 aromatic rings. The Labute approximate surface area is 112 Å². The maximum absolute atomic E-state index is 12.0. The summed E-state index contributed by atoms with van der Waals surface area (Å²) in [7, 11) is 0. The van der Waals surface area contributed by atoms with Gasteiger partial charge in [-0.25, -0.2) is 4.98 Å². The minimum absolute atomic E-state index is 0.127. The Bertz CT molecular complexity index is 626. The number of aryl methyl sites for hydroxylation is 1. The highest BCUT2D eigenvalue weighted by atomic mass is 16.1. The van der Waals surface area contributed by atoms with Crippen LogP contribution in [0, 0.1) is 6.92 Å². The maximum atomic E-state index is 12.0. The molecule has 19 heavy (non-hydrogen) atoms. The monoisotopic (exact) mass is 257 g/mol. The first-order valence-corrected chi connectivity index (χ1v) is 6.93. The predicted octanol–water partition coefficient (Wildman–Crippen LogP) is 2.47. The quantitative estimate of drug-likeness (QED) is 0.837. The van der Waals surface area contributed by atoms with Gasteiger partial charge in [-0.05, 0) is 44.5 Å². The van der Waals surface area contributed by atoms with E-state index >= 15 is 0 Å². The molecule has 1 N–H and O–H groups in total. The van der Waals surface area contributed by atoms with Gasteiger partial charge in [-0.3, -0.25) is 4.79 Å². The number of benzene rings is 1. The van der Waals surface area contributed by atoms with Crippen molar-refractivity contribution in [1.82, 2.24) is 14.9 Å². The fourth-order valence-corrected chi connectivity index (χ4v) is 2.53. The van der Waals surface area contributed by atoms with E-state index in [1.165, 1.54) is 12.8 Å². The van der Waals surface area contributed by atoms with Crippen molar-refractivity contribution in [3.63, 3.8) is 0 Å². The molecule has 0 spiro atoms. The highest BCUT2D eigenvalue weighted by Crippen LogP contribution is 2.38. The first-order valence-electron chi connectivity index (χ1n) is 6.93. The molecule has 1 aliphatic carbocycles. The van der Waals surface area contributed by atoms with Gasteiger partial charge < -0.3 is 9.88 Å². The molecule has 1 saturated carbocycles. The van der Waals surface area contributed by atoms with E-state index in [0.717, 1.165) is 29.0 Å². The van der Waals surface area contributed by atoms with Crippen LogP contribution in [0.1, 0.15) is 42.0 Å². The molecule has 1 aromatic heterocycles. The Kier molecular flexibility index (Phi) is 3.11. The van der Waals surface area contributed by atoms with Gasteiger partial charge in [0.1, 0.15) is 5.82 Å². The molecule has 0 unspecified atom stereocenters.